The number of hydrogen-bond donors (Lipinski definition) is 0. The minimum atomic E-state index is 1.07. The molecule has 0 aliphatic rings. The molecular weight excluding hydrogens is 609 g/mol. The highest BCUT2D eigenvalue weighted by Gasteiger charge is 2.21. The third-order valence-corrected chi connectivity index (χ3v) is 9.49. The van der Waals surface area contributed by atoms with Crippen LogP contribution < -0.4 is 0 Å². The van der Waals surface area contributed by atoms with Crippen LogP contribution in [0.15, 0.2) is 183 Å². The fourth-order valence-corrected chi connectivity index (χ4v) is 7.20. The molecule has 9 rings (SSSR count). The van der Waals surface area contributed by atoms with Gasteiger partial charge in [0.15, 0.2) is 0 Å². The number of benzene rings is 5. The van der Waals surface area contributed by atoms with Crippen molar-refractivity contribution in [1.29, 1.82) is 0 Å². The molecule has 0 spiro atoms. The second-order valence-corrected chi connectivity index (χ2v) is 12.3. The van der Waals surface area contributed by atoms with Gasteiger partial charge in [0, 0.05) is 60.7 Å². The summed E-state index contributed by atoms with van der Waals surface area (Å²) < 4.78 is 0. The van der Waals surface area contributed by atoms with Crippen molar-refractivity contribution < 1.29 is 0 Å². The van der Waals surface area contributed by atoms with Gasteiger partial charge in [-0.25, -0.2) is 0 Å². The van der Waals surface area contributed by atoms with E-state index >= 15 is 0 Å². The van der Waals surface area contributed by atoms with Crippen molar-refractivity contribution in [1.82, 2.24) is 19.9 Å². The molecule has 50 heavy (non-hydrogen) atoms. The molecule has 5 aromatic carbocycles. The molecular formula is C46H30N4. The molecule has 234 valence electrons. The first kappa shape index (κ1) is 29.4. The molecule has 0 atom stereocenters. The van der Waals surface area contributed by atoms with E-state index in [1.54, 1.807) is 0 Å². The average Bonchev–Trinajstić information content (AvgIpc) is 3.21. The molecule has 0 saturated carbocycles. The molecule has 0 aliphatic carbocycles. The van der Waals surface area contributed by atoms with Crippen LogP contribution in [0.4, 0.5) is 0 Å². The average molecular weight is 639 g/mol. The summed E-state index contributed by atoms with van der Waals surface area (Å²) >= 11 is 0. The molecule has 0 N–H and O–H groups in total. The lowest BCUT2D eigenvalue weighted by Crippen LogP contribution is -1.95. The Balaban J connectivity index is 1.39. The first-order valence-electron chi connectivity index (χ1n) is 16.7. The number of hydrogen-bond acceptors (Lipinski definition) is 4. The van der Waals surface area contributed by atoms with Crippen LogP contribution in [0.1, 0.15) is 0 Å². The van der Waals surface area contributed by atoms with Crippen molar-refractivity contribution in [3.8, 4) is 66.8 Å². The minimum Gasteiger partial charge on any atom is -0.265 e. The number of pyridine rings is 4. The highest BCUT2D eigenvalue weighted by atomic mass is 14.6. The van der Waals surface area contributed by atoms with Gasteiger partial charge in [0.2, 0.25) is 0 Å². The molecule has 0 fully saturated rings. The molecule has 0 amide bonds. The van der Waals surface area contributed by atoms with Gasteiger partial charge < -0.3 is 0 Å². The predicted octanol–water partition coefficient (Wildman–Crippen LogP) is 11.6. The van der Waals surface area contributed by atoms with Gasteiger partial charge in [0.05, 0.1) is 0 Å². The van der Waals surface area contributed by atoms with Crippen molar-refractivity contribution in [2.75, 3.05) is 0 Å². The molecule has 4 aromatic heterocycles. The van der Waals surface area contributed by atoms with Crippen LogP contribution >= 0.6 is 0 Å². The van der Waals surface area contributed by atoms with E-state index in [1.807, 2.05) is 49.6 Å². The standard InChI is InChI=1S/C46H30N4/c1-2-7-31(8-3-1)34-9-6-10-35(27-34)36-13-14-41-42(28-36)46(44-30-50-26-20-38(44)33-17-23-48-24-18-33)40-12-5-4-11-39(40)45(41)43-29-49-25-19-37(43)32-15-21-47-22-16-32/h1-30H. The largest absolute Gasteiger partial charge is 0.265 e. The molecule has 0 bridgehead atoms. The van der Waals surface area contributed by atoms with Gasteiger partial charge in [0.25, 0.3) is 0 Å². The van der Waals surface area contributed by atoms with E-state index in [2.05, 4.69) is 153 Å². The SMILES string of the molecule is c1ccc(-c2cccc(-c3ccc4c(-c5cnccc5-c5ccncc5)c5ccccc5c(-c5cnccc5-c5ccncc5)c4c3)c2)cc1. The van der Waals surface area contributed by atoms with E-state index < -0.39 is 0 Å². The second-order valence-electron chi connectivity index (χ2n) is 12.3. The zero-order valence-corrected chi connectivity index (χ0v) is 27.1. The fourth-order valence-electron chi connectivity index (χ4n) is 7.20. The Morgan fingerprint density at radius 1 is 0.260 bits per heavy atom. The smallest absolute Gasteiger partial charge is 0.0353 e. The predicted molar refractivity (Wildman–Crippen MR) is 205 cm³/mol. The van der Waals surface area contributed by atoms with E-state index in [4.69, 9.17) is 0 Å². The van der Waals surface area contributed by atoms with E-state index in [1.165, 1.54) is 11.1 Å². The Morgan fingerprint density at radius 3 is 1.32 bits per heavy atom. The Bertz CT molecular complexity index is 2640. The highest BCUT2D eigenvalue weighted by Crippen LogP contribution is 2.48. The van der Waals surface area contributed by atoms with Crippen LogP contribution in [-0.2, 0) is 0 Å². The summed E-state index contributed by atoms with van der Waals surface area (Å²) in [6, 6.07) is 47.4. The molecule has 4 heteroatoms. The van der Waals surface area contributed by atoms with Gasteiger partial charge in [-0.3, -0.25) is 19.9 Å². The number of rotatable bonds is 6. The lowest BCUT2D eigenvalue weighted by Gasteiger charge is -2.21. The Morgan fingerprint density at radius 2 is 0.720 bits per heavy atom. The third kappa shape index (κ3) is 5.20. The van der Waals surface area contributed by atoms with Crippen LogP contribution in [0.25, 0.3) is 88.3 Å². The van der Waals surface area contributed by atoms with Crippen molar-refractivity contribution in [2.45, 2.75) is 0 Å². The van der Waals surface area contributed by atoms with Crippen LogP contribution in [0.3, 0.4) is 0 Å². The summed E-state index contributed by atoms with van der Waals surface area (Å²) in [5.41, 5.74) is 13.5. The van der Waals surface area contributed by atoms with Gasteiger partial charge in [-0.2, -0.15) is 0 Å². The van der Waals surface area contributed by atoms with Gasteiger partial charge in [-0.05, 0) is 126 Å². The number of nitrogens with zero attached hydrogens (tertiary/aromatic N) is 4. The second kappa shape index (κ2) is 12.7. The van der Waals surface area contributed by atoms with E-state index in [-0.39, 0.29) is 0 Å². The summed E-state index contributed by atoms with van der Waals surface area (Å²) in [5.74, 6) is 0. The van der Waals surface area contributed by atoms with Crippen LogP contribution in [0, 0.1) is 0 Å². The van der Waals surface area contributed by atoms with Crippen molar-refractivity contribution in [3.05, 3.63) is 183 Å². The van der Waals surface area contributed by atoms with Crippen molar-refractivity contribution in [2.24, 2.45) is 0 Å². The lowest BCUT2D eigenvalue weighted by molar-refractivity contribution is 1.31. The summed E-state index contributed by atoms with van der Waals surface area (Å²) in [4.78, 5) is 17.9. The zero-order valence-electron chi connectivity index (χ0n) is 27.1. The maximum Gasteiger partial charge on any atom is 0.0353 e. The van der Waals surface area contributed by atoms with E-state index in [9.17, 15) is 0 Å². The molecule has 0 saturated heterocycles. The highest BCUT2D eigenvalue weighted by molar-refractivity contribution is 6.23. The molecule has 0 radical (unpaired) electrons. The maximum atomic E-state index is 4.69. The Hall–Kier alpha value is -6.78. The van der Waals surface area contributed by atoms with E-state index in [0.717, 1.165) is 77.2 Å². The molecule has 4 nitrogen and oxygen atoms in total. The van der Waals surface area contributed by atoms with Crippen molar-refractivity contribution in [3.63, 3.8) is 0 Å². The topological polar surface area (TPSA) is 51.6 Å². The first-order valence-corrected chi connectivity index (χ1v) is 16.7. The van der Waals surface area contributed by atoms with Crippen molar-refractivity contribution >= 4 is 21.5 Å². The lowest BCUT2D eigenvalue weighted by atomic mass is 9.82. The number of aromatic nitrogens is 4. The molecule has 9 aromatic rings. The van der Waals surface area contributed by atoms with Gasteiger partial charge in [0.1, 0.15) is 0 Å². The van der Waals surface area contributed by atoms with Gasteiger partial charge in [-0.15, -0.1) is 0 Å². The molecule has 4 heterocycles. The maximum absolute atomic E-state index is 4.69. The zero-order chi connectivity index (χ0) is 33.3. The minimum absolute atomic E-state index is 1.07. The molecule has 0 unspecified atom stereocenters. The van der Waals surface area contributed by atoms with Gasteiger partial charge in [-0.1, -0.05) is 84.9 Å². The van der Waals surface area contributed by atoms with Crippen LogP contribution in [0.2, 0.25) is 0 Å². The Kier molecular flexibility index (Phi) is 7.45. The Labute approximate surface area is 290 Å². The first-order chi connectivity index (χ1) is 24.8. The summed E-state index contributed by atoms with van der Waals surface area (Å²) in [6.07, 6.45) is 15.1. The van der Waals surface area contributed by atoms with E-state index in [0.29, 0.717) is 0 Å². The summed E-state index contributed by atoms with van der Waals surface area (Å²) in [7, 11) is 0. The number of fused-ring (bicyclic) bond motifs is 2. The monoisotopic (exact) mass is 638 g/mol. The van der Waals surface area contributed by atoms with Gasteiger partial charge >= 0.3 is 0 Å². The molecule has 0 aliphatic heterocycles. The summed E-state index contributed by atoms with van der Waals surface area (Å²) in [5, 5.41) is 4.60. The third-order valence-electron chi connectivity index (χ3n) is 9.49. The van der Waals surface area contributed by atoms with Crippen LogP contribution in [0.5, 0.6) is 0 Å². The quantitative estimate of drug-likeness (QED) is 0.170. The fraction of sp³-hybridized carbons (Fsp3) is 0. The van der Waals surface area contributed by atoms with Crippen LogP contribution in [-0.4, -0.2) is 19.9 Å². The summed E-state index contributed by atoms with van der Waals surface area (Å²) in [6.45, 7) is 0. The normalized spacial score (nSPS) is 11.2.